The summed E-state index contributed by atoms with van der Waals surface area (Å²) in [5, 5.41) is 0. The molecule has 0 atom stereocenters. The summed E-state index contributed by atoms with van der Waals surface area (Å²) in [7, 11) is 5.72. The van der Waals surface area contributed by atoms with Crippen LogP contribution < -0.4 is 9.64 Å². The molecule has 0 amide bonds. The van der Waals surface area contributed by atoms with Crippen LogP contribution in [0.4, 0.5) is 5.69 Å². The van der Waals surface area contributed by atoms with E-state index >= 15 is 0 Å². The van der Waals surface area contributed by atoms with Crippen molar-refractivity contribution < 1.29 is 4.74 Å². The lowest BCUT2D eigenvalue weighted by Gasteiger charge is -2.16. The van der Waals surface area contributed by atoms with Gasteiger partial charge in [0, 0.05) is 19.0 Å². The van der Waals surface area contributed by atoms with Gasteiger partial charge in [-0.1, -0.05) is 0 Å². The smallest absolute Gasteiger partial charge is 0.143 e. The van der Waals surface area contributed by atoms with Crippen molar-refractivity contribution in [1.82, 2.24) is 0 Å². The quantitative estimate of drug-likeness (QED) is 0.578. The molecule has 0 saturated heterocycles. The topological polar surface area (TPSA) is 12.5 Å². The van der Waals surface area contributed by atoms with Crippen molar-refractivity contribution in [2.24, 2.45) is 0 Å². The van der Waals surface area contributed by atoms with Gasteiger partial charge in [0.1, 0.15) is 5.75 Å². The lowest BCUT2D eigenvalue weighted by atomic mass is 10.3. The molecule has 0 aromatic heterocycles. The Morgan fingerprint density at radius 1 is 1.27 bits per heavy atom. The second-order valence-electron chi connectivity index (χ2n) is 2.93. The third-order valence-corrected chi connectivity index (χ3v) is 2.59. The molecular formula is C12H19NOS. The molecule has 84 valence electrons. The molecule has 0 radical (unpaired) electrons. The Kier molecular flexibility index (Phi) is 6.71. The fourth-order valence-corrected chi connectivity index (χ4v) is 1.58. The Bertz CT molecular complexity index is 300. The van der Waals surface area contributed by atoms with E-state index in [4.69, 9.17) is 4.74 Å². The van der Waals surface area contributed by atoms with Gasteiger partial charge in [-0.3, -0.25) is 0 Å². The summed E-state index contributed by atoms with van der Waals surface area (Å²) in [6, 6.07) is 6.23. The molecule has 0 aliphatic heterocycles. The van der Waals surface area contributed by atoms with Crippen molar-refractivity contribution in [3.63, 3.8) is 0 Å². The minimum atomic E-state index is 0.928. The minimum Gasteiger partial charge on any atom is -0.495 e. The van der Waals surface area contributed by atoms with E-state index in [1.54, 1.807) is 18.9 Å². The molecule has 0 N–H and O–H groups in total. The first-order chi connectivity index (χ1) is 7.19. The van der Waals surface area contributed by atoms with Gasteiger partial charge in [-0.15, -0.1) is 24.9 Å². The molecule has 3 heteroatoms. The Balaban J connectivity index is 0.000000921. The predicted molar refractivity (Wildman–Crippen MR) is 70.4 cm³/mol. The average molecular weight is 225 g/mol. The van der Waals surface area contributed by atoms with E-state index in [0.29, 0.717) is 0 Å². The van der Waals surface area contributed by atoms with E-state index in [0.717, 1.165) is 11.4 Å². The number of methoxy groups -OCH3 is 1. The number of thioether (sulfide) groups is 1. The maximum absolute atomic E-state index is 5.29. The van der Waals surface area contributed by atoms with Gasteiger partial charge in [-0.05, 0) is 24.5 Å². The maximum atomic E-state index is 5.29. The number of anilines is 1. The van der Waals surface area contributed by atoms with E-state index in [9.17, 15) is 0 Å². The highest BCUT2D eigenvalue weighted by atomic mass is 32.2. The monoisotopic (exact) mass is 225 g/mol. The summed E-state index contributed by atoms with van der Waals surface area (Å²) in [6.45, 7) is 6.00. The molecule has 1 aromatic rings. The van der Waals surface area contributed by atoms with Crippen molar-refractivity contribution in [1.29, 1.82) is 0 Å². The largest absolute Gasteiger partial charge is 0.495 e. The standard InChI is InChI=1S/C10H15NOS.C2H4/c1-11(2)9-6-5-8(13-4)7-10(9)12-3;1-2/h5-7H,1-4H3;1-2H2. The van der Waals surface area contributed by atoms with E-state index in [2.05, 4.69) is 37.6 Å². The first-order valence-corrected chi connectivity index (χ1v) is 5.81. The van der Waals surface area contributed by atoms with Crippen molar-refractivity contribution in [3.8, 4) is 5.75 Å². The van der Waals surface area contributed by atoms with Gasteiger partial charge < -0.3 is 9.64 Å². The van der Waals surface area contributed by atoms with Crippen molar-refractivity contribution >= 4 is 17.4 Å². The molecule has 2 nitrogen and oxygen atoms in total. The molecule has 1 rings (SSSR count). The van der Waals surface area contributed by atoms with Crippen LogP contribution in [0.5, 0.6) is 5.75 Å². The Morgan fingerprint density at radius 2 is 1.87 bits per heavy atom. The summed E-state index contributed by atoms with van der Waals surface area (Å²) in [5.74, 6) is 0.928. The number of nitrogens with zero attached hydrogens (tertiary/aromatic N) is 1. The lowest BCUT2D eigenvalue weighted by Crippen LogP contribution is -2.09. The fraction of sp³-hybridized carbons (Fsp3) is 0.333. The van der Waals surface area contributed by atoms with Gasteiger partial charge in [-0.25, -0.2) is 0 Å². The van der Waals surface area contributed by atoms with Crippen LogP contribution in [0.1, 0.15) is 0 Å². The maximum Gasteiger partial charge on any atom is 0.143 e. The van der Waals surface area contributed by atoms with E-state index in [-0.39, 0.29) is 0 Å². The lowest BCUT2D eigenvalue weighted by molar-refractivity contribution is 0.414. The van der Waals surface area contributed by atoms with Gasteiger partial charge >= 0.3 is 0 Å². The van der Waals surface area contributed by atoms with E-state index < -0.39 is 0 Å². The number of benzene rings is 1. The Hall–Kier alpha value is -1.09. The summed E-state index contributed by atoms with van der Waals surface area (Å²) in [5.41, 5.74) is 1.11. The third kappa shape index (κ3) is 3.88. The van der Waals surface area contributed by atoms with Crippen LogP contribution in [0.25, 0.3) is 0 Å². The van der Waals surface area contributed by atoms with Crippen LogP contribution in [0.3, 0.4) is 0 Å². The fourth-order valence-electron chi connectivity index (χ4n) is 1.15. The van der Waals surface area contributed by atoms with Crippen molar-refractivity contribution in [2.45, 2.75) is 4.90 Å². The number of hydrogen-bond acceptors (Lipinski definition) is 3. The number of rotatable bonds is 3. The second kappa shape index (κ2) is 7.23. The molecule has 0 unspecified atom stereocenters. The molecule has 0 aliphatic carbocycles. The second-order valence-corrected chi connectivity index (χ2v) is 3.81. The molecule has 0 bridgehead atoms. The van der Waals surface area contributed by atoms with Gasteiger partial charge in [-0.2, -0.15) is 0 Å². The van der Waals surface area contributed by atoms with E-state index in [1.165, 1.54) is 4.90 Å². The Labute approximate surface area is 96.9 Å². The molecular weight excluding hydrogens is 206 g/mol. The van der Waals surface area contributed by atoms with Gasteiger partial charge in [0.15, 0.2) is 0 Å². The summed E-state index contributed by atoms with van der Waals surface area (Å²) < 4.78 is 5.29. The highest BCUT2D eigenvalue weighted by Crippen LogP contribution is 2.30. The molecule has 0 spiro atoms. The normalized spacial score (nSPS) is 8.80. The van der Waals surface area contributed by atoms with E-state index in [1.807, 2.05) is 19.0 Å². The van der Waals surface area contributed by atoms with Crippen LogP contribution in [-0.4, -0.2) is 27.5 Å². The number of hydrogen-bond donors (Lipinski definition) is 0. The van der Waals surface area contributed by atoms with Gasteiger partial charge in [0.05, 0.1) is 12.8 Å². The molecule has 0 heterocycles. The summed E-state index contributed by atoms with van der Waals surface area (Å²) in [4.78, 5) is 3.27. The molecule has 0 aliphatic rings. The summed E-state index contributed by atoms with van der Waals surface area (Å²) >= 11 is 1.72. The highest BCUT2D eigenvalue weighted by Gasteiger charge is 2.04. The molecule has 0 fully saturated rings. The first kappa shape index (κ1) is 13.9. The van der Waals surface area contributed by atoms with Crippen LogP contribution in [0.2, 0.25) is 0 Å². The Morgan fingerprint density at radius 3 is 2.27 bits per heavy atom. The summed E-state index contributed by atoms with van der Waals surface area (Å²) in [6.07, 6.45) is 2.06. The molecule has 0 saturated carbocycles. The van der Waals surface area contributed by atoms with Crippen LogP contribution >= 0.6 is 11.8 Å². The highest BCUT2D eigenvalue weighted by molar-refractivity contribution is 7.98. The van der Waals surface area contributed by atoms with Crippen LogP contribution in [0.15, 0.2) is 36.3 Å². The zero-order chi connectivity index (χ0) is 11.8. The number of ether oxygens (including phenoxy) is 1. The van der Waals surface area contributed by atoms with Crippen LogP contribution in [-0.2, 0) is 0 Å². The van der Waals surface area contributed by atoms with Crippen molar-refractivity contribution in [2.75, 3.05) is 32.4 Å². The average Bonchev–Trinajstić information content (AvgIpc) is 2.30. The molecule has 1 aromatic carbocycles. The third-order valence-electron chi connectivity index (χ3n) is 1.87. The minimum absolute atomic E-state index is 0.928. The SMILES string of the molecule is C=C.COc1cc(SC)ccc1N(C)C. The van der Waals surface area contributed by atoms with Crippen molar-refractivity contribution in [3.05, 3.63) is 31.4 Å². The zero-order valence-corrected chi connectivity index (χ0v) is 10.7. The zero-order valence-electron chi connectivity index (χ0n) is 9.91. The molecule has 15 heavy (non-hydrogen) atoms. The van der Waals surface area contributed by atoms with Crippen LogP contribution in [0, 0.1) is 0 Å². The van der Waals surface area contributed by atoms with Gasteiger partial charge in [0.2, 0.25) is 0 Å². The van der Waals surface area contributed by atoms with Gasteiger partial charge in [0.25, 0.3) is 0 Å². The predicted octanol–water partition coefficient (Wildman–Crippen LogP) is 3.29. The first-order valence-electron chi connectivity index (χ1n) is 4.58.